The summed E-state index contributed by atoms with van der Waals surface area (Å²) in [6, 6.07) is 11.7. The molecule has 25 heavy (non-hydrogen) atoms. The van der Waals surface area contributed by atoms with Crippen molar-refractivity contribution < 1.29 is 23.9 Å². The molecule has 0 aliphatic carbocycles. The third-order valence-corrected chi connectivity index (χ3v) is 3.41. The van der Waals surface area contributed by atoms with E-state index < -0.39 is 17.5 Å². The molecule has 0 saturated carbocycles. The largest absolute Gasteiger partial charge is 0.489 e. The van der Waals surface area contributed by atoms with E-state index in [0.717, 1.165) is 16.9 Å². The van der Waals surface area contributed by atoms with E-state index in [0.29, 0.717) is 0 Å². The first-order valence-corrected chi connectivity index (χ1v) is 7.70. The summed E-state index contributed by atoms with van der Waals surface area (Å²) in [5, 5.41) is 10.9. The zero-order chi connectivity index (χ0) is 18.2. The first-order valence-electron chi connectivity index (χ1n) is 7.70. The number of ether oxygens (including phenoxy) is 3. The highest BCUT2D eigenvalue weighted by Crippen LogP contribution is 2.25. The lowest BCUT2D eigenvalue weighted by molar-refractivity contribution is -0.385. The van der Waals surface area contributed by atoms with Crippen LogP contribution in [0.25, 0.3) is 0 Å². The minimum absolute atomic E-state index is 0.0243. The molecule has 2 rings (SSSR count). The third-order valence-electron chi connectivity index (χ3n) is 3.41. The van der Waals surface area contributed by atoms with Gasteiger partial charge in [-0.3, -0.25) is 10.1 Å². The highest BCUT2D eigenvalue weighted by atomic mass is 16.6. The van der Waals surface area contributed by atoms with Gasteiger partial charge in [0, 0.05) is 6.07 Å². The predicted molar refractivity (Wildman–Crippen MR) is 91.0 cm³/mol. The van der Waals surface area contributed by atoms with Gasteiger partial charge in [-0.2, -0.15) is 0 Å². The number of aryl methyl sites for hydroxylation is 2. The summed E-state index contributed by atoms with van der Waals surface area (Å²) in [5.74, 6) is 0.175. The van der Waals surface area contributed by atoms with Gasteiger partial charge in [0.2, 0.25) is 0 Å². The number of hydrogen-bond donors (Lipinski definition) is 0. The monoisotopic (exact) mass is 345 g/mol. The molecule has 2 aromatic rings. The summed E-state index contributed by atoms with van der Waals surface area (Å²) < 4.78 is 15.8. The Morgan fingerprint density at radius 2 is 1.68 bits per heavy atom. The quantitative estimate of drug-likeness (QED) is 0.316. The van der Waals surface area contributed by atoms with Gasteiger partial charge in [0.05, 0.1) is 4.92 Å². The lowest BCUT2D eigenvalue weighted by atomic mass is 10.1. The zero-order valence-corrected chi connectivity index (χ0v) is 14.1. The van der Waals surface area contributed by atoms with Crippen LogP contribution in [0, 0.1) is 24.0 Å². The molecule has 132 valence electrons. The Labute approximate surface area is 145 Å². The molecule has 0 fully saturated rings. The molecular weight excluding hydrogens is 326 g/mol. The van der Waals surface area contributed by atoms with E-state index in [1.807, 2.05) is 32.0 Å². The van der Waals surface area contributed by atoms with Crippen LogP contribution in [0.1, 0.15) is 11.1 Å². The van der Waals surface area contributed by atoms with E-state index in [-0.39, 0.29) is 24.7 Å². The molecule has 0 aliphatic rings. The predicted octanol–water partition coefficient (Wildman–Crippen LogP) is 3.21. The van der Waals surface area contributed by atoms with Crippen molar-refractivity contribution in [1.29, 1.82) is 0 Å². The molecule has 0 N–H and O–H groups in total. The van der Waals surface area contributed by atoms with Gasteiger partial charge in [0.1, 0.15) is 19.0 Å². The van der Waals surface area contributed by atoms with Crippen LogP contribution in [0.5, 0.6) is 11.5 Å². The molecule has 0 bridgehead atoms. The Bertz CT molecular complexity index is 739. The molecule has 0 amide bonds. The number of rotatable bonds is 8. The Balaban J connectivity index is 1.76. The molecule has 0 aliphatic heterocycles. The lowest BCUT2D eigenvalue weighted by Crippen LogP contribution is -2.18. The van der Waals surface area contributed by atoms with Gasteiger partial charge >= 0.3 is 11.7 Å². The van der Waals surface area contributed by atoms with E-state index in [9.17, 15) is 14.9 Å². The number of carbonyl (C=O) groups excluding carboxylic acids is 1. The summed E-state index contributed by atoms with van der Waals surface area (Å²) >= 11 is 0. The molecule has 7 heteroatoms. The van der Waals surface area contributed by atoms with E-state index in [1.54, 1.807) is 6.07 Å². The molecule has 0 radical (unpaired) electrons. The van der Waals surface area contributed by atoms with Crippen molar-refractivity contribution in [2.24, 2.45) is 0 Å². The number of esters is 1. The molecule has 7 nitrogen and oxygen atoms in total. The van der Waals surface area contributed by atoms with Gasteiger partial charge in [-0.1, -0.05) is 30.3 Å². The van der Waals surface area contributed by atoms with Crippen LogP contribution >= 0.6 is 0 Å². The Morgan fingerprint density at radius 3 is 2.36 bits per heavy atom. The molecule has 0 saturated heterocycles. The summed E-state index contributed by atoms with van der Waals surface area (Å²) in [6.07, 6.45) is 0. The van der Waals surface area contributed by atoms with Crippen LogP contribution in [0.2, 0.25) is 0 Å². The summed E-state index contributed by atoms with van der Waals surface area (Å²) in [7, 11) is 0. The van der Waals surface area contributed by atoms with Crippen molar-refractivity contribution in [3.8, 4) is 11.5 Å². The number of nitro benzene ring substituents is 1. The van der Waals surface area contributed by atoms with E-state index in [4.69, 9.17) is 14.2 Å². The minimum Gasteiger partial charge on any atom is -0.489 e. The topological polar surface area (TPSA) is 87.9 Å². The van der Waals surface area contributed by atoms with Crippen molar-refractivity contribution in [2.75, 3.05) is 19.8 Å². The summed E-state index contributed by atoms with van der Waals surface area (Å²) in [5.41, 5.74) is 1.81. The third kappa shape index (κ3) is 5.20. The number of hydrogen-bond acceptors (Lipinski definition) is 6. The van der Waals surface area contributed by atoms with Gasteiger partial charge in [-0.25, -0.2) is 4.79 Å². The number of nitro groups is 1. The number of carbonyl (C=O) groups is 1. The molecule has 0 aromatic heterocycles. The maximum Gasteiger partial charge on any atom is 0.344 e. The second kappa shape index (κ2) is 8.68. The Kier molecular flexibility index (Phi) is 6.33. The number of nitrogens with zero attached hydrogens (tertiary/aromatic N) is 1. The highest BCUT2D eigenvalue weighted by molar-refractivity contribution is 5.71. The maximum atomic E-state index is 11.7. The second-order valence-electron chi connectivity index (χ2n) is 5.30. The van der Waals surface area contributed by atoms with Crippen LogP contribution in [0.3, 0.4) is 0 Å². The van der Waals surface area contributed by atoms with Gasteiger partial charge in [0.15, 0.2) is 12.4 Å². The highest BCUT2D eigenvalue weighted by Gasteiger charge is 2.15. The van der Waals surface area contributed by atoms with Crippen molar-refractivity contribution in [1.82, 2.24) is 0 Å². The SMILES string of the molecule is Cc1cccc(C)c1OCCOC(=O)COc1ccccc1[N+](=O)[O-]. The molecule has 0 spiro atoms. The number of para-hydroxylation sites is 3. The van der Waals surface area contributed by atoms with Gasteiger partial charge in [-0.15, -0.1) is 0 Å². The summed E-state index contributed by atoms with van der Waals surface area (Å²) in [6.45, 7) is 3.74. The molecular formula is C18H19NO6. The standard InChI is InChI=1S/C18H19NO6/c1-13-6-5-7-14(2)18(13)24-11-10-23-17(20)12-25-16-9-4-3-8-15(16)19(21)22/h3-9H,10-12H2,1-2H3. The van der Waals surface area contributed by atoms with Crippen LogP contribution < -0.4 is 9.47 Å². The van der Waals surface area contributed by atoms with Crippen LogP contribution in [-0.2, 0) is 9.53 Å². The average Bonchev–Trinajstić information content (AvgIpc) is 2.59. The smallest absolute Gasteiger partial charge is 0.344 e. The van der Waals surface area contributed by atoms with E-state index in [2.05, 4.69) is 0 Å². The fraction of sp³-hybridized carbons (Fsp3) is 0.278. The minimum atomic E-state index is -0.622. The van der Waals surface area contributed by atoms with E-state index >= 15 is 0 Å². The average molecular weight is 345 g/mol. The Hall–Kier alpha value is -3.09. The van der Waals surface area contributed by atoms with Gasteiger partial charge in [0.25, 0.3) is 0 Å². The van der Waals surface area contributed by atoms with Crippen molar-refractivity contribution in [3.63, 3.8) is 0 Å². The fourth-order valence-corrected chi connectivity index (χ4v) is 2.23. The lowest BCUT2D eigenvalue weighted by Gasteiger charge is -2.12. The fourth-order valence-electron chi connectivity index (χ4n) is 2.23. The first kappa shape index (κ1) is 18.3. The second-order valence-corrected chi connectivity index (χ2v) is 5.30. The van der Waals surface area contributed by atoms with Crippen molar-refractivity contribution >= 4 is 11.7 Å². The van der Waals surface area contributed by atoms with E-state index in [1.165, 1.54) is 18.2 Å². The van der Waals surface area contributed by atoms with Crippen LogP contribution in [0.4, 0.5) is 5.69 Å². The number of benzene rings is 2. The molecule has 0 unspecified atom stereocenters. The molecule has 2 aromatic carbocycles. The normalized spacial score (nSPS) is 10.2. The van der Waals surface area contributed by atoms with Crippen LogP contribution in [-0.4, -0.2) is 30.7 Å². The first-order chi connectivity index (χ1) is 12.0. The molecule has 0 heterocycles. The summed E-state index contributed by atoms with van der Waals surface area (Å²) in [4.78, 5) is 22.0. The van der Waals surface area contributed by atoms with Crippen molar-refractivity contribution in [3.05, 3.63) is 63.7 Å². The van der Waals surface area contributed by atoms with Gasteiger partial charge < -0.3 is 14.2 Å². The maximum absolute atomic E-state index is 11.7. The molecule has 0 atom stereocenters. The van der Waals surface area contributed by atoms with Gasteiger partial charge in [-0.05, 0) is 31.0 Å². The van der Waals surface area contributed by atoms with Crippen molar-refractivity contribution in [2.45, 2.75) is 13.8 Å². The Morgan fingerprint density at radius 1 is 1.00 bits per heavy atom. The van der Waals surface area contributed by atoms with Crippen LogP contribution in [0.15, 0.2) is 42.5 Å². The zero-order valence-electron chi connectivity index (χ0n) is 14.1.